The number of urea groups is 1. The minimum Gasteiger partial charge on any atom is -0.342 e. The van der Waals surface area contributed by atoms with Crippen LogP contribution in [0.1, 0.15) is 26.3 Å². The summed E-state index contributed by atoms with van der Waals surface area (Å²) in [6, 6.07) is 7.78. The number of nitrogens with zero attached hydrogens (tertiary/aromatic N) is 2. The largest absolute Gasteiger partial charge is 0.342 e. The van der Waals surface area contributed by atoms with Crippen LogP contribution in [0, 0.1) is 0 Å². The van der Waals surface area contributed by atoms with Crippen molar-refractivity contribution in [2.75, 3.05) is 31.5 Å². The Bertz CT molecular complexity index is 514. The number of nitrogens with one attached hydrogen (secondary N) is 1. The SMILES string of the molecule is CC(C)(C)c1ccccc1NC(=O)N1CCN(C=O)CC1. The van der Waals surface area contributed by atoms with Crippen molar-refractivity contribution in [3.05, 3.63) is 29.8 Å². The fourth-order valence-corrected chi connectivity index (χ4v) is 2.47. The minimum atomic E-state index is -0.0998. The van der Waals surface area contributed by atoms with E-state index in [4.69, 9.17) is 0 Å². The zero-order valence-electron chi connectivity index (χ0n) is 12.9. The summed E-state index contributed by atoms with van der Waals surface area (Å²) in [5.74, 6) is 0. The molecule has 1 N–H and O–H groups in total. The van der Waals surface area contributed by atoms with E-state index < -0.39 is 0 Å². The number of carbonyl (C=O) groups excluding carboxylic acids is 2. The summed E-state index contributed by atoms with van der Waals surface area (Å²) in [6.07, 6.45) is 0.837. The van der Waals surface area contributed by atoms with Crippen molar-refractivity contribution in [3.63, 3.8) is 0 Å². The Kier molecular flexibility index (Phi) is 4.50. The van der Waals surface area contributed by atoms with Crippen molar-refractivity contribution < 1.29 is 9.59 Å². The van der Waals surface area contributed by atoms with Gasteiger partial charge in [0.15, 0.2) is 0 Å². The van der Waals surface area contributed by atoms with Crippen LogP contribution in [0.4, 0.5) is 10.5 Å². The van der Waals surface area contributed by atoms with Gasteiger partial charge in [0.1, 0.15) is 0 Å². The fraction of sp³-hybridized carbons (Fsp3) is 0.500. The van der Waals surface area contributed by atoms with E-state index in [0.717, 1.165) is 17.7 Å². The fourth-order valence-electron chi connectivity index (χ4n) is 2.47. The summed E-state index contributed by atoms with van der Waals surface area (Å²) in [7, 11) is 0. The second-order valence-electron chi connectivity index (χ2n) is 6.35. The Morgan fingerprint density at radius 2 is 1.76 bits per heavy atom. The zero-order valence-corrected chi connectivity index (χ0v) is 12.9. The molecule has 2 rings (SSSR count). The number of amides is 3. The first-order chi connectivity index (χ1) is 9.91. The Labute approximate surface area is 125 Å². The van der Waals surface area contributed by atoms with Gasteiger partial charge in [0.05, 0.1) is 0 Å². The van der Waals surface area contributed by atoms with Crippen LogP contribution in [0.25, 0.3) is 0 Å². The Morgan fingerprint density at radius 3 is 2.33 bits per heavy atom. The van der Waals surface area contributed by atoms with Gasteiger partial charge >= 0.3 is 6.03 Å². The van der Waals surface area contributed by atoms with Crippen LogP contribution in [0.3, 0.4) is 0 Å². The number of piperazine rings is 1. The van der Waals surface area contributed by atoms with Crippen molar-refractivity contribution in [3.8, 4) is 0 Å². The lowest BCUT2D eigenvalue weighted by molar-refractivity contribution is -0.119. The van der Waals surface area contributed by atoms with Crippen LogP contribution in [0.5, 0.6) is 0 Å². The minimum absolute atomic E-state index is 0.0277. The molecule has 0 radical (unpaired) electrons. The monoisotopic (exact) mass is 289 g/mol. The molecule has 1 heterocycles. The van der Waals surface area contributed by atoms with Crippen LogP contribution < -0.4 is 5.32 Å². The number of carbonyl (C=O) groups is 2. The van der Waals surface area contributed by atoms with Gasteiger partial charge in [0.2, 0.25) is 6.41 Å². The predicted molar refractivity (Wildman–Crippen MR) is 83.4 cm³/mol. The molecule has 1 aromatic carbocycles. The van der Waals surface area contributed by atoms with E-state index in [9.17, 15) is 9.59 Å². The first-order valence-corrected chi connectivity index (χ1v) is 7.26. The highest BCUT2D eigenvalue weighted by Gasteiger charge is 2.23. The molecular formula is C16H23N3O2. The van der Waals surface area contributed by atoms with E-state index in [1.807, 2.05) is 24.3 Å². The van der Waals surface area contributed by atoms with E-state index in [1.165, 1.54) is 0 Å². The average molecular weight is 289 g/mol. The van der Waals surface area contributed by atoms with Gasteiger partial charge in [0, 0.05) is 31.9 Å². The Balaban J connectivity index is 2.05. The second-order valence-corrected chi connectivity index (χ2v) is 6.35. The molecule has 5 nitrogen and oxygen atoms in total. The molecule has 1 saturated heterocycles. The summed E-state index contributed by atoms with van der Waals surface area (Å²) < 4.78 is 0. The van der Waals surface area contributed by atoms with Gasteiger partial charge < -0.3 is 15.1 Å². The molecule has 1 aliphatic rings. The standard InChI is InChI=1S/C16H23N3O2/c1-16(2,3)13-6-4-5-7-14(13)17-15(21)19-10-8-18(12-20)9-11-19/h4-7,12H,8-11H2,1-3H3,(H,17,21). The van der Waals surface area contributed by atoms with Crippen LogP contribution in [0.15, 0.2) is 24.3 Å². The molecule has 114 valence electrons. The maximum absolute atomic E-state index is 12.3. The van der Waals surface area contributed by atoms with Gasteiger partial charge in [-0.3, -0.25) is 4.79 Å². The van der Waals surface area contributed by atoms with E-state index in [1.54, 1.807) is 9.80 Å². The smallest absolute Gasteiger partial charge is 0.321 e. The molecule has 0 unspecified atom stereocenters. The van der Waals surface area contributed by atoms with Gasteiger partial charge in [-0.2, -0.15) is 0 Å². The number of benzene rings is 1. The molecule has 0 spiro atoms. The summed E-state index contributed by atoms with van der Waals surface area (Å²) >= 11 is 0. The molecule has 3 amide bonds. The molecule has 1 aliphatic heterocycles. The number of hydrogen-bond acceptors (Lipinski definition) is 2. The molecule has 0 aliphatic carbocycles. The lowest BCUT2D eigenvalue weighted by atomic mass is 9.86. The normalized spacial score (nSPS) is 15.8. The molecule has 1 fully saturated rings. The van der Waals surface area contributed by atoms with E-state index >= 15 is 0 Å². The molecule has 0 atom stereocenters. The van der Waals surface area contributed by atoms with Gasteiger partial charge in [0.25, 0.3) is 0 Å². The predicted octanol–water partition coefficient (Wildman–Crippen LogP) is 2.29. The topological polar surface area (TPSA) is 52.7 Å². The Morgan fingerprint density at radius 1 is 1.14 bits per heavy atom. The second kappa shape index (κ2) is 6.16. The lowest BCUT2D eigenvalue weighted by Gasteiger charge is -2.33. The van der Waals surface area contributed by atoms with E-state index in [2.05, 4.69) is 26.1 Å². The van der Waals surface area contributed by atoms with Crippen molar-refractivity contribution >= 4 is 18.1 Å². The highest BCUT2D eigenvalue weighted by atomic mass is 16.2. The lowest BCUT2D eigenvalue weighted by Crippen LogP contribution is -2.49. The molecule has 5 heteroatoms. The highest BCUT2D eigenvalue weighted by molar-refractivity contribution is 5.90. The van der Waals surface area contributed by atoms with Crippen LogP contribution in [-0.2, 0) is 10.2 Å². The number of rotatable bonds is 2. The Hall–Kier alpha value is -2.04. The first-order valence-electron chi connectivity index (χ1n) is 7.26. The van der Waals surface area contributed by atoms with Gasteiger partial charge in [-0.1, -0.05) is 39.0 Å². The third kappa shape index (κ3) is 3.74. The number of anilines is 1. The van der Waals surface area contributed by atoms with Crippen LogP contribution in [-0.4, -0.2) is 48.4 Å². The third-order valence-electron chi connectivity index (χ3n) is 3.73. The van der Waals surface area contributed by atoms with Gasteiger partial charge in [-0.05, 0) is 17.0 Å². The molecule has 0 bridgehead atoms. The van der Waals surface area contributed by atoms with Crippen LogP contribution >= 0.6 is 0 Å². The zero-order chi connectivity index (χ0) is 15.5. The maximum atomic E-state index is 12.3. The molecule has 0 saturated carbocycles. The van der Waals surface area contributed by atoms with Gasteiger partial charge in [-0.15, -0.1) is 0 Å². The molecule has 21 heavy (non-hydrogen) atoms. The van der Waals surface area contributed by atoms with Crippen molar-refractivity contribution in [2.24, 2.45) is 0 Å². The highest BCUT2D eigenvalue weighted by Crippen LogP contribution is 2.29. The van der Waals surface area contributed by atoms with Crippen LogP contribution in [0.2, 0.25) is 0 Å². The first kappa shape index (κ1) is 15.4. The summed E-state index contributed by atoms with van der Waals surface area (Å²) in [4.78, 5) is 26.5. The van der Waals surface area contributed by atoms with Crippen molar-refractivity contribution in [1.29, 1.82) is 0 Å². The molecule has 0 aromatic heterocycles. The van der Waals surface area contributed by atoms with E-state index in [-0.39, 0.29) is 11.4 Å². The quantitative estimate of drug-likeness (QED) is 0.849. The van der Waals surface area contributed by atoms with Gasteiger partial charge in [-0.25, -0.2) is 4.79 Å². The van der Waals surface area contributed by atoms with Crippen molar-refractivity contribution in [1.82, 2.24) is 9.80 Å². The number of hydrogen-bond donors (Lipinski definition) is 1. The molecule has 1 aromatic rings. The number of para-hydroxylation sites is 1. The average Bonchev–Trinajstić information content (AvgIpc) is 2.47. The van der Waals surface area contributed by atoms with Crippen molar-refractivity contribution in [2.45, 2.75) is 26.2 Å². The summed E-state index contributed by atoms with van der Waals surface area (Å²) in [5, 5.41) is 3.00. The van der Waals surface area contributed by atoms with E-state index in [0.29, 0.717) is 26.2 Å². The summed E-state index contributed by atoms with van der Waals surface area (Å²) in [5.41, 5.74) is 1.94. The third-order valence-corrected chi connectivity index (χ3v) is 3.73. The maximum Gasteiger partial charge on any atom is 0.321 e. The summed E-state index contributed by atoms with van der Waals surface area (Å²) in [6.45, 7) is 8.71. The molecular weight excluding hydrogens is 266 g/mol.